The van der Waals surface area contributed by atoms with Gasteiger partial charge in [-0.15, -0.1) is 0 Å². The summed E-state index contributed by atoms with van der Waals surface area (Å²) in [5.41, 5.74) is 1.02. The van der Waals surface area contributed by atoms with E-state index >= 15 is 0 Å². The molecule has 298 valence electrons. The van der Waals surface area contributed by atoms with E-state index in [0.717, 1.165) is 70.6 Å². The van der Waals surface area contributed by atoms with E-state index in [1.54, 1.807) is 18.7 Å². The van der Waals surface area contributed by atoms with E-state index in [-0.39, 0.29) is 41.3 Å². The molecule has 3 unspecified atom stereocenters. The average Bonchev–Trinajstić information content (AvgIpc) is 3.77. The van der Waals surface area contributed by atoms with E-state index in [2.05, 4.69) is 26.3 Å². The summed E-state index contributed by atoms with van der Waals surface area (Å²) < 4.78 is 0. The third kappa shape index (κ3) is 9.25. The van der Waals surface area contributed by atoms with Crippen LogP contribution in [0.15, 0.2) is 0 Å². The Labute approximate surface area is 319 Å². The lowest BCUT2D eigenvalue weighted by Crippen LogP contribution is -2.63. The molecular weight excluding hydrogens is 688 g/mol. The van der Waals surface area contributed by atoms with Crippen LogP contribution in [-0.2, 0) is 24.0 Å². The van der Waals surface area contributed by atoms with Crippen molar-refractivity contribution in [2.45, 2.75) is 175 Å². The number of aromatic amines is 1. The van der Waals surface area contributed by atoms with Gasteiger partial charge in [-0.3, -0.25) is 33.6 Å². The molecule has 4 aliphatic rings. The first-order chi connectivity index (χ1) is 25.5. The standard InChI is InChI=1S/C41H62N6O7/c1-8-14-28(34(49)39(53)43-27-19-20-27)44-36(50)30-21-26-17-12-13-18-29(26)47(30)40(54)35(41(5,6)7)46-38(52)33(25-15-10-9-11-16-25)45-37(51)32-22(2)31(24(4)48)23(3)42-32/h25-30,33,35,42H,8-21H2,1-7H3,(H,43,53)(H,44,50)(H,45,51)(H,46,52)/t26?,28-,29?,30-,33?,35+/m0/s1. The molecule has 1 aromatic rings. The number of hydrogen-bond donors (Lipinski definition) is 5. The second kappa shape index (κ2) is 17.2. The maximum Gasteiger partial charge on any atom is 0.289 e. The minimum absolute atomic E-state index is 0.00226. The van der Waals surface area contributed by atoms with Crippen molar-refractivity contribution in [3.05, 3.63) is 22.5 Å². The summed E-state index contributed by atoms with van der Waals surface area (Å²) in [6.45, 7) is 12.4. The second-order valence-corrected chi connectivity index (χ2v) is 17.4. The summed E-state index contributed by atoms with van der Waals surface area (Å²) in [5.74, 6) is -3.38. The SMILES string of the molecule is CCC[C@H](NC(=O)[C@@H]1CC2CCCCC2N1C(=O)[C@@H](NC(=O)C(NC(=O)c1[nH]c(C)c(C(C)=O)c1C)C1CCCCC1)C(C)(C)C)C(=O)C(=O)NC1CC1. The van der Waals surface area contributed by atoms with Crippen molar-refractivity contribution in [2.75, 3.05) is 0 Å². The fourth-order valence-corrected chi connectivity index (χ4v) is 9.09. The van der Waals surface area contributed by atoms with Crippen LogP contribution in [0.2, 0.25) is 0 Å². The smallest absolute Gasteiger partial charge is 0.289 e. The Hall–Kier alpha value is -4.03. The normalized spacial score (nSPS) is 23.4. The fourth-order valence-electron chi connectivity index (χ4n) is 9.09. The van der Waals surface area contributed by atoms with Gasteiger partial charge in [-0.25, -0.2) is 0 Å². The average molecular weight is 751 g/mol. The maximum absolute atomic E-state index is 14.9. The Balaban J connectivity index is 1.40. The Morgan fingerprint density at radius 2 is 1.50 bits per heavy atom. The summed E-state index contributed by atoms with van der Waals surface area (Å²) >= 11 is 0. The molecule has 3 saturated carbocycles. The van der Waals surface area contributed by atoms with Crippen molar-refractivity contribution in [1.29, 1.82) is 0 Å². The molecule has 1 saturated heterocycles. The van der Waals surface area contributed by atoms with Crippen LogP contribution in [0.5, 0.6) is 0 Å². The number of nitrogens with one attached hydrogen (secondary N) is 5. The fraction of sp³-hybridized carbons (Fsp3) is 0.732. The number of carbonyl (C=O) groups excluding carboxylic acids is 7. The lowest BCUT2D eigenvalue weighted by Gasteiger charge is -2.40. The first-order valence-corrected chi connectivity index (χ1v) is 20.3. The Morgan fingerprint density at radius 3 is 2.09 bits per heavy atom. The van der Waals surface area contributed by atoms with Crippen LogP contribution in [0.25, 0.3) is 0 Å². The molecule has 5 amide bonds. The number of rotatable bonds is 14. The number of H-pyrrole nitrogens is 1. The number of hydrogen-bond acceptors (Lipinski definition) is 7. The number of ketones is 2. The zero-order valence-corrected chi connectivity index (χ0v) is 33.3. The number of aromatic nitrogens is 1. The van der Waals surface area contributed by atoms with E-state index in [1.165, 1.54) is 6.92 Å². The molecule has 54 heavy (non-hydrogen) atoms. The van der Waals surface area contributed by atoms with Gasteiger partial charge in [-0.2, -0.15) is 0 Å². The number of likely N-dealkylation sites (tertiary alicyclic amines) is 1. The molecule has 0 aromatic carbocycles. The first-order valence-electron chi connectivity index (χ1n) is 20.3. The van der Waals surface area contributed by atoms with Gasteiger partial charge in [0.25, 0.3) is 11.8 Å². The lowest BCUT2D eigenvalue weighted by molar-refractivity contribution is -0.147. The van der Waals surface area contributed by atoms with Gasteiger partial charge in [-0.05, 0) is 95.0 Å². The Morgan fingerprint density at radius 1 is 0.852 bits per heavy atom. The third-order valence-electron chi connectivity index (χ3n) is 12.1. The molecular formula is C41H62N6O7. The van der Waals surface area contributed by atoms with Crippen molar-refractivity contribution in [1.82, 2.24) is 31.2 Å². The quantitative estimate of drug-likeness (QED) is 0.138. The van der Waals surface area contributed by atoms with E-state index in [4.69, 9.17) is 0 Å². The predicted octanol–water partition coefficient (Wildman–Crippen LogP) is 4.34. The molecule has 13 heteroatoms. The summed E-state index contributed by atoms with van der Waals surface area (Å²) in [5, 5.41) is 11.6. The van der Waals surface area contributed by atoms with E-state index < -0.39 is 59.0 Å². The minimum Gasteiger partial charge on any atom is -0.354 e. The number of Topliss-reactive ketones (excluding diaryl/α,β-unsaturated/α-hetero) is 2. The van der Waals surface area contributed by atoms with Crippen molar-refractivity contribution in [3.8, 4) is 0 Å². The molecule has 1 aromatic heterocycles. The second-order valence-electron chi connectivity index (χ2n) is 17.4. The van der Waals surface area contributed by atoms with E-state index in [9.17, 15) is 33.6 Å². The van der Waals surface area contributed by atoms with Crippen molar-refractivity contribution in [3.63, 3.8) is 0 Å². The third-order valence-corrected chi connectivity index (χ3v) is 12.1. The highest BCUT2D eigenvalue weighted by Gasteiger charge is 2.51. The van der Waals surface area contributed by atoms with Crippen molar-refractivity contribution in [2.24, 2.45) is 17.3 Å². The Bertz CT molecular complexity index is 1620. The number of fused-ring (bicyclic) bond motifs is 1. The predicted molar refractivity (Wildman–Crippen MR) is 203 cm³/mol. The van der Waals surface area contributed by atoms with Crippen LogP contribution in [0.1, 0.15) is 157 Å². The van der Waals surface area contributed by atoms with Crippen LogP contribution in [0, 0.1) is 31.1 Å². The summed E-state index contributed by atoms with van der Waals surface area (Å²) in [6, 6.07) is -4.03. The minimum atomic E-state index is -1.03. The number of carbonyl (C=O) groups is 7. The molecule has 6 atom stereocenters. The zero-order chi connectivity index (χ0) is 39.5. The first kappa shape index (κ1) is 41.1. The van der Waals surface area contributed by atoms with Gasteiger partial charge >= 0.3 is 0 Å². The van der Waals surface area contributed by atoms with Crippen LogP contribution in [0.4, 0.5) is 0 Å². The molecule has 13 nitrogen and oxygen atoms in total. The van der Waals surface area contributed by atoms with Gasteiger partial charge in [0.05, 0.1) is 6.04 Å². The number of nitrogens with zero attached hydrogens (tertiary/aromatic N) is 1. The monoisotopic (exact) mass is 750 g/mol. The molecule has 1 aliphatic heterocycles. The molecule has 5 rings (SSSR count). The summed E-state index contributed by atoms with van der Waals surface area (Å²) in [7, 11) is 0. The topological polar surface area (TPSA) is 187 Å². The van der Waals surface area contributed by atoms with Gasteiger partial charge in [0, 0.05) is 23.3 Å². The molecule has 4 fully saturated rings. The molecule has 0 spiro atoms. The molecule has 5 N–H and O–H groups in total. The highest BCUT2D eigenvalue weighted by atomic mass is 16.2. The van der Waals surface area contributed by atoms with Gasteiger partial charge in [0.1, 0.15) is 23.8 Å². The van der Waals surface area contributed by atoms with Crippen LogP contribution in [-0.4, -0.2) is 87.2 Å². The zero-order valence-electron chi connectivity index (χ0n) is 33.3. The lowest BCUT2D eigenvalue weighted by atomic mass is 9.81. The van der Waals surface area contributed by atoms with E-state index in [0.29, 0.717) is 36.1 Å². The van der Waals surface area contributed by atoms with Gasteiger partial charge in [0.2, 0.25) is 23.5 Å². The molecule has 0 bridgehead atoms. The molecule has 3 aliphatic carbocycles. The molecule has 2 heterocycles. The maximum atomic E-state index is 14.9. The van der Waals surface area contributed by atoms with Crippen LogP contribution >= 0.6 is 0 Å². The van der Waals surface area contributed by atoms with Crippen molar-refractivity contribution >= 4 is 41.1 Å². The van der Waals surface area contributed by atoms with E-state index in [1.807, 2.05) is 27.7 Å². The van der Waals surface area contributed by atoms with Crippen molar-refractivity contribution < 1.29 is 33.6 Å². The number of aryl methyl sites for hydroxylation is 1. The van der Waals surface area contributed by atoms with Gasteiger partial charge in [0.15, 0.2) is 5.78 Å². The van der Waals surface area contributed by atoms with Crippen LogP contribution in [0.3, 0.4) is 0 Å². The highest BCUT2D eigenvalue weighted by Crippen LogP contribution is 2.41. The Kier molecular flexibility index (Phi) is 13.1. The molecule has 0 radical (unpaired) electrons. The highest BCUT2D eigenvalue weighted by molar-refractivity contribution is 6.38. The van der Waals surface area contributed by atoms with Gasteiger partial charge in [-0.1, -0.05) is 66.2 Å². The largest absolute Gasteiger partial charge is 0.354 e. The summed E-state index contributed by atoms with van der Waals surface area (Å²) in [4.78, 5) is 100. The number of amides is 5. The van der Waals surface area contributed by atoms with Crippen LogP contribution < -0.4 is 21.3 Å². The summed E-state index contributed by atoms with van der Waals surface area (Å²) in [6.07, 6.45) is 10.8. The van der Waals surface area contributed by atoms with Gasteiger partial charge < -0.3 is 31.2 Å².